The van der Waals surface area contributed by atoms with Crippen molar-refractivity contribution < 1.29 is 12.8 Å². The fourth-order valence-electron chi connectivity index (χ4n) is 4.32. The van der Waals surface area contributed by atoms with Gasteiger partial charge >= 0.3 is 0 Å². The number of pyridine rings is 1. The SMILES string of the molecule is CS(=O)(=O)CCNCCCc1cc2c(N(Cc3cccc(F)c3)c3ccc4[nH]ncc4c3)ncnc2cn1. The second-order valence-corrected chi connectivity index (χ2v) is 11.5. The predicted octanol–water partition coefficient (Wildman–Crippen LogP) is 3.95. The Kier molecular flexibility index (Phi) is 7.57. The monoisotopic (exact) mass is 533 g/mol. The van der Waals surface area contributed by atoms with Crippen molar-refractivity contribution in [2.24, 2.45) is 0 Å². The molecule has 3 aromatic heterocycles. The number of sulfone groups is 1. The molecule has 0 amide bonds. The van der Waals surface area contributed by atoms with E-state index in [1.807, 2.05) is 35.2 Å². The number of fused-ring (bicyclic) bond motifs is 2. The van der Waals surface area contributed by atoms with Gasteiger partial charge in [-0.2, -0.15) is 5.10 Å². The van der Waals surface area contributed by atoms with Crippen molar-refractivity contribution in [2.45, 2.75) is 19.4 Å². The molecule has 38 heavy (non-hydrogen) atoms. The van der Waals surface area contributed by atoms with Crippen LogP contribution in [0.1, 0.15) is 17.7 Å². The van der Waals surface area contributed by atoms with Crippen LogP contribution in [0.2, 0.25) is 0 Å². The number of hydrogen-bond donors (Lipinski definition) is 2. The van der Waals surface area contributed by atoms with Crippen molar-refractivity contribution in [3.05, 3.63) is 84.3 Å². The van der Waals surface area contributed by atoms with Crippen LogP contribution in [0.3, 0.4) is 0 Å². The molecule has 0 fully saturated rings. The van der Waals surface area contributed by atoms with E-state index in [1.165, 1.54) is 24.7 Å². The van der Waals surface area contributed by atoms with Gasteiger partial charge in [0.15, 0.2) is 0 Å². The van der Waals surface area contributed by atoms with Crippen LogP contribution in [-0.2, 0) is 22.8 Å². The van der Waals surface area contributed by atoms with Gasteiger partial charge in [-0.05, 0) is 61.3 Å². The van der Waals surface area contributed by atoms with E-state index in [4.69, 9.17) is 0 Å². The molecule has 0 aliphatic heterocycles. The molecule has 0 saturated heterocycles. The molecule has 0 radical (unpaired) electrons. The van der Waals surface area contributed by atoms with E-state index in [0.29, 0.717) is 37.4 Å². The van der Waals surface area contributed by atoms with E-state index >= 15 is 0 Å². The number of rotatable bonds is 11. The maximum Gasteiger partial charge on any atom is 0.148 e. The average molecular weight is 534 g/mol. The predicted molar refractivity (Wildman–Crippen MR) is 147 cm³/mol. The zero-order chi connectivity index (χ0) is 26.5. The second kappa shape index (κ2) is 11.2. The summed E-state index contributed by atoms with van der Waals surface area (Å²) in [6.45, 7) is 1.51. The first-order valence-corrected chi connectivity index (χ1v) is 14.3. The smallest absolute Gasteiger partial charge is 0.148 e. The maximum atomic E-state index is 14.0. The number of hydrogen-bond acceptors (Lipinski definition) is 8. The van der Waals surface area contributed by atoms with Gasteiger partial charge in [0.1, 0.15) is 27.8 Å². The van der Waals surface area contributed by atoms with Crippen molar-refractivity contribution >= 4 is 43.1 Å². The normalized spacial score (nSPS) is 11.8. The number of anilines is 2. The van der Waals surface area contributed by atoms with E-state index in [1.54, 1.807) is 18.5 Å². The van der Waals surface area contributed by atoms with Crippen LogP contribution >= 0.6 is 0 Å². The lowest BCUT2D eigenvalue weighted by Crippen LogP contribution is -2.23. The number of nitrogens with zero attached hydrogens (tertiary/aromatic N) is 5. The summed E-state index contributed by atoms with van der Waals surface area (Å²) in [5, 5.41) is 12.1. The average Bonchev–Trinajstić information content (AvgIpc) is 3.36. The second-order valence-electron chi connectivity index (χ2n) is 9.23. The van der Waals surface area contributed by atoms with Crippen LogP contribution in [0.5, 0.6) is 0 Å². The molecule has 5 rings (SSSR count). The minimum Gasteiger partial charge on any atom is -0.321 e. The van der Waals surface area contributed by atoms with Crippen molar-refractivity contribution in [3.8, 4) is 0 Å². The van der Waals surface area contributed by atoms with Crippen molar-refractivity contribution in [1.82, 2.24) is 30.5 Å². The zero-order valence-corrected chi connectivity index (χ0v) is 21.7. The summed E-state index contributed by atoms with van der Waals surface area (Å²) in [4.78, 5) is 15.7. The van der Waals surface area contributed by atoms with Gasteiger partial charge in [-0.1, -0.05) is 12.1 Å². The summed E-state index contributed by atoms with van der Waals surface area (Å²) in [7, 11) is -2.98. The molecule has 0 atom stereocenters. The van der Waals surface area contributed by atoms with Gasteiger partial charge < -0.3 is 10.2 Å². The van der Waals surface area contributed by atoms with E-state index < -0.39 is 9.84 Å². The largest absolute Gasteiger partial charge is 0.321 e. The molecule has 0 saturated carbocycles. The minimum absolute atomic E-state index is 0.119. The van der Waals surface area contributed by atoms with E-state index in [9.17, 15) is 12.8 Å². The topological polar surface area (TPSA) is 117 Å². The fraction of sp³-hybridized carbons (Fsp3) is 0.259. The quantitative estimate of drug-likeness (QED) is 0.245. The number of halogens is 1. The minimum atomic E-state index is -2.98. The van der Waals surface area contributed by atoms with Gasteiger partial charge in [0.25, 0.3) is 0 Å². The molecule has 0 bridgehead atoms. The number of aromatic nitrogens is 5. The van der Waals surface area contributed by atoms with Crippen LogP contribution in [0, 0.1) is 5.82 Å². The molecule has 2 N–H and O–H groups in total. The summed E-state index contributed by atoms with van der Waals surface area (Å²) >= 11 is 0. The maximum absolute atomic E-state index is 14.0. The van der Waals surface area contributed by atoms with Gasteiger partial charge in [-0.15, -0.1) is 0 Å². The first-order chi connectivity index (χ1) is 18.4. The molecular formula is C27H28FN7O2S. The highest BCUT2D eigenvalue weighted by atomic mass is 32.2. The Hall–Kier alpha value is -3.96. The van der Waals surface area contributed by atoms with Crippen molar-refractivity contribution in [3.63, 3.8) is 0 Å². The molecule has 9 nitrogen and oxygen atoms in total. The Morgan fingerprint density at radius 1 is 1.03 bits per heavy atom. The van der Waals surface area contributed by atoms with E-state index in [2.05, 4.69) is 30.5 Å². The number of benzene rings is 2. The van der Waals surface area contributed by atoms with Crippen LogP contribution in [0.25, 0.3) is 21.8 Å². The Balaban J connectivity index is 1.44. The van der Waals surface area contributed by atoms with E-state index in [0.717, 1.165) is 39.7 Å². The number of H-pyrrole nitrogens is 1. The Labute approximate surface area is 220 Å². The molecule has 11 heteroatoms. The highest BCUT2D eigenvalue weighted by molar-refractivity contribution is 7.90. The molecule has 0 unspecified atom stereocenters. The molecule has 0 aliphatic carbocycles. The van der Waals surface area contributed by atoms with Crippen LogP contribution in [-0.4, -0.2) is 58.7 Å². The van der Waals surface area contributed by atoms with Crippen molar-refractivity contribution in [1.29, 1.82) is 0 Å². The molecule has 196 valence electrons. The lowest BCUT2D eigenvalue weighted by atomic mass is 10.1. The highest BCUT2D eigenvalue weighted by Crippen LogP contribution is 2.33. The molecular weight excluding hydrogens is 505 g/mol. The van der Waals surface area contributed by atoms with Crippen LogP contribution in [0.4, 0.5) is 15.9 Å². The summed E-state index contributed by atoms with van der Waals surface area (Å²) in [5.41, 5.74) is 4.20. The number of aromatic amines is 1. The zero-order valence-electron chi connectivity index (χ0n) is 20.9. The Morgan fingerprint density at radius 2 is 1.92 bits per heavy atom. The van der Waals surface area contributed by atoms with Gasteiger partial charge in [0, 0.05) is 41.5 Å². The summed E-state index contributed by atoms with van der Waals surface area (Å²) in [6, 6.07) is 14.5. The third-order valence-corrected chi connectivity index (χ3v) is 7.16. The molecule has 0 aliphatic rings. The fourth-order valence-corrected chi connectivity index (χ4v) is 4.84. The first-order valence-electron chi connectivity index (χ1n) is 12.3. The molecule has 0 spiro atoms. The number of nitrogens with one attached hydrogen (secondary N) is 2. The van der Waals surface area contributed by atoms with Gasteiger partial charge in [-0.25, -0.2) is 22.8 Å². The van der Waals surface area contributed by atoms with E-state index in [-0.39, 0.29) is 11.6 Å². The Morgan fingerprint density at radius 3 is 2.76 bits per heavy atom. The van der Waals surface area contributed by atoms with Crippen molar-refractivity contribution in [2.75, 3.05) is 30.0 Å². The standard InChI is InChI=1S/C27H28FN7O2S/c1-38(36,37)11-10-29-9-3-6-22-14-24-26(16-30-22)31-18-32-27(24)35(17-19-4-2-5-21(28)12-19)23-7-8-25-20(13-23)15-33-34-25/h2,4-5,7-8,12-16,18,29H,3,6,9-11,17H2,1H3,(H,33,34). The van der Waals surface area contributed by atoms with Crippen LogP contribution in [0.15, 0.2) is 67.3 Å². The third-order valence-electron chi connectivity index (χ3n) is 6.21. The third kappa shape index (κ3) is 6.29. The highest BCUT2D eigenvalue weighted by Gasteiger charge is 2.17. The molecule has 5 aromatic rings. The van der Waals surface area contributed by atoms with Gasteiger partial charge in [0.05, 0.1) is 29.2 Å². The number of aryl methyl sites for hydroxylation is 1. The Bertz CT molecular complexity index is 1670. The summed E-state index contributed by atoms with van der Waals surface area (Å²) in [5.74, 6) is 0.516. The van der Waals surface area contributed by atoms with Gasteiger partial charge in [-0.3, -0.25) is 10.1 Å². The summed E-state index contributed by atoms with van der Waals surface area (Å²) < 4.78 is 36.6. The molecule has 2 aromatic carbocycles. The first kappa shape index (κ1) is 25.7. The van der Waals surface area contributed by atoms with Gasteiger partial charge in [0.2, 0.25) is 0 Å². The summed E-state index contributed by atoms with van der Waals surface area (Å²) in [6.07, 6.45) is 7.77. The lowest BCUT2D eigenvalue weighted by Gasteiger charge is -2.25. The molecule has 3 heterocycles. The lowest BCUT2D eigenvalue weighted by molar-refractivity contribution is 0.594. The van der Waals surface area contributed by atoms with Crippen LogP contribution < -0.4 is 10.2 Å².